The van der Waals surface area contributed by atoms with Crippen molar-refractivity contribution in [3.05, 3.63) is 72.9 Å². The summed E-state index contributed by atoms with van der Waals surface area (Å²) in [4.78, 5) is 38.2. The van der Waals surface area contributed by atoms with Gasteiger partial charge in [-0.3, -0.25) is 14.4 Å². The summed E-state index contributed by atoms with van der Waals surface area (Å²) in [5, 5.41) is 0. The Bertz CT molecular complexity index is 1390. The van der Waals surface area contributed by atoms with E-state index in [2.05, 4.69) is 81.5 Å². The van der Waals surface area contributed by atoms with Gasteiger partial charge in [0.05, 0.1) is 6.42 Å². The fraction of sp³-hybridized carbons (Fsp3) is 0.783. The molecule has 0 N–H and O–H groups in total. The molecule has 0 aliphatic rings. The predicted molar refractivity (Wildman–Crippen MR) is 325 cm³/mol. The number of hydrogen-bond acceptors (Lipinski definition) is 6. The molecule has 6 nitrogen and oxygen atoms in total. The third-order valence-electron chi connectivity index (χ3n) is 14.2. The van der Waals surface area contributed by atoms with E-state index < -0.39 is 12.1 Å². The van der Waals surface area contributed by atoms with Crippen molar-refractivity contribution >= 4 is 17.9 Å². The standard InChI is InChI=1S/C69H122O6/c1-4-7-10-13-16-19-22-25-28-30-31-32-33-34-35-36-37-38-39-42-44-47-50-53-56-59-62-68(71)74-65-66(64-73-67(70)61-58-55-52-49-46-43-40-27-24-21-18-15-12-9-6-3)75-69(72)63-60-57-54-51-48-45-41-29-26-23-20-17-14-11-8-5-2/h9,12,18,21,27,29,40-41,46,49,55,58,66H,4-8,10-11,13-17,19-20,22-26,28,30-39,42-45,47-48,50-54,56-57,59-65H2,1-3H3/b12-9-,21-18-,40-27-,41-29-,49-46-,58-55-. The summed E-state index contributed by atoms with van der Waals surface area (Å²) >= 11 is 0. The van der Waals surface area contributed by atoms with Crippen molar-refractivity contribution in [1.29, 1.82) is 0 Å². The molecule has 0 aromatic carbocycles. The van der Waals surface area contributed by atoms with E-state index in [-0.39, 0.29) is 31.6 Å². The molecule has 0 bridgehead atoms. The molecule has 1 atom stereocenters. The summed E-state index contributed by atoms with van der Waals surface area (Å²) in [6, 6.07) is 0. The zero-order valence-electron chi connectivity index (χ0n) is 49.8. The van der Waals surface area contributed by atoms with Crippen molar-refractivity contribution in [2.45, 2.75) is 335 Å². The van der Waals surface area contributed by atoms with Gasteiger partial charge in [0.1, 0.15) is 13.2 Å². The van der Waals surface area contributed by atoms with Gasteiger partial charge in [0.15, 0.2) is 6.10 Å². The molecule has 0 amide bonds. The maximum absolute atomic E-state index is 12.9. The lowest BCUT2D eigenvalue weighted by Crippen LogP contribution is -2.30. The molecule has 0 spiro atoms. The van der Waals surface area contributed by atoms with Crippen molar-refractivity contribution in [2.75, 3.05) is 13.2 Å². The van der Waals surface area contributed by atoms with Crippen LogP contribution in [0.15, 0.2) is 72.9 Å². The van der Waals surface area contributed by atoms with Crippen LogP contribution < -0.4 is 0 Å². The van der Waals surface area contributed by atoms with E-state index in [0.717, 1.165) is 83.5 Å². The highest BCUT2D eigenvalue weighted by Gasteiger charge is 2.19. The van der Waals surface area contributed by atoms with Crippen molar-refractivity contribution in [1.82, 2.24) is 0 Å². The predicted octanol–water partition coefficient (Wildman–Crippen LogP) is 22.1. The Balaban J connectivity index is 4.32. The van der Waals surface area contributed by atoms with E-state index in [1.54, 1.807) is 6.08 Å². The van der Waals surface area contributed by atoms with E-state index >= 15 is 0 Å². The fourth-order valence-corrected chi connectivity index (χ4v) is 9.40. The number of carbonyl (C=O) groups is 3. The monoisotopic (exact) mass is 1050 g/mol. The lowest BCUT2D eigenvalue weighted by Gasteiger charge is -2.18. The van der Waals surface area contributed by atoms with Gasteiger partial charge in [-0.15, -0.1) is 0 Å². The van der Waals surface area contributed by atoms with Crippen molar-refractivity contribution in [3.63, 3.8) is 0 Å². The van der Waals surface area contributed by atoms with Crippen LogP contribution in [0.5, 0.6) is 0 Å². The van der Waals surface area contributed by atoms with Gasteiger partial charge in [0.2, 0.25) is 0 Å². The van der Waals surface area contributed by atoms with Crippen LogP contribution >= 0.6 is 0 Å². The minimum Gasteiger partial charge on any atom is -0.462 e. The highest BCUT2D eigenvalue weighted by molar-refractivity contribution is 5.72. The van der Waals surface area contributed by atoms with Gasteiger partial charge in [-0.2, -0.15) is 0 Å². The van der Waals surface area contributed by atoms with Crippen LogP contribution in [0.1, 0.15) is 329 Å². The second-order valence-corrected chi connectivity index (χ2v) is 21.7. The second kappa shape index (κ2) is 63.4. The number of rotatable bonds is 59. The van der Waals surface area contributed by atoms with Crippen LogP contribution in [0.3, 0.4) is 0 Å². The number of ether oxygens (including phenoxy) is 3. The second-order valence-electron chi connectivity index (χ2n) is 21.7. The molecule has 0 heterocycles. The molecule has 434 valence electrons. The fourth-order valence-electron chi connectivity index (χ4n) is 9.40. The first-order valence-corrected chi connectivity index (χ1v) is 32.4. The lowest BCUT2D eigenvalue weighted by molar-refractivity contribution is -0.166. The van der Waals surface area contributed by atoms with Gasteiger partial charge in [0.25, 0.3) is 0 Å². The third kappa shape index (κ3) is 61.6. The van der Waals surface area contributed by atoms with Gasteiger partial charge in [0, 0.05) is 12.8 Å². The molecule has 0 aliphatic carbocycles. The van der Waals surface area contributed by atoms with Crippen molar-refractivity contribution < 1.29 is 28.6 Å². The normalized spacial score (nSPS) is 12.5. The van der Waals surface area contributed by atoms with Crippen LogP contribution in [-0.2, 0) is 28.6 Å². The maximum atomic E-state index is 12.9. The molecule has 6 heteroatoms. The quantitative estimate of drug-likeness (QED) is 0.0261. The Morgan fingerprint density at radius 2 is 0.573 bits per heavy atom. The van der Waals surface area contributed by atoms with Gasteiger partial charge >= 0.3 is 17.9 Å². The number of hydrogen-bond donors (Lipinski definition) is 0. The molecule has 0 saturated carbocycles. The number of esters is 3. The van der Waals surface area contributed by atoms with E-state index in [4.69, 9.17) is 14.2 Å². The average molecular weight is 1050 g/mol. The SMILES string of the molecule is CC/C=C\C/C=C\C/C=C\C/C=C\C/C=C\CC(=O)OCC(COC(=O)CCCCCCCCCCCCCCCCCCCCCCCCCCCC)OC(=O)CCCCCCC/C=C\CCCCCCCCC. The zero-order valence-corrected chi connectivity index (χ0v) is 49.8. The van der Waals surface area contributed by atoms with E-state index in [1.165, 1.54) is 205 Å². The molecule has 0 aliphatic heterocycles. The highest BCUT2D eigenvalue weighted by Crippen LogP contribution is 2.17. The summed E-state index contributed by atoms with van der Waals surface area (Å²) in [6.45, 7) is 6.47. The molecular weight excluding hydrogens is 925 g/mol. The van der Waals surface area contributed by atoms with E-state index in [9.17, 15) is 14.4 Å². The summed E-state index contributed by atoms with van der Waals surface area (Å²) in [6.07, 6.45) is 82.4. The van der Waals surface area contributed by atoms with Gasteiger partial charge in [-0.25, -0.2) is 0 Å². The molecule has 0 aromatic rings. The van der Waals surface area contributed by atoms with Crippen LogP contribution in [0.4, 0.5) is 0 Å². The molecule has 0 fully saturated rings. The Hall–Kier alpha value is -3.15. The minimum absolute atomic E-state index is 0.106. The Morgan fingerprint density at radius 1 is 0.293 bits per heavy atom. The molecule has 75 heavy (non-hydrogen) atoms. The van der Waals surface area contributed by atoms with Gasteiger partial charge < -0.3 is 14.2 Å². The topological polar surface area (TPSA) is 78.9 Å². The number of unbranched alkanes of at least 4 members (excludes halogenated alkanes) is 37. The molecule has 0 rings (SSSR count). The van der Waals surface area contributed by atoms with Crippen molar-refractivity contribution in [3.8, 4) is 0 Å². The minimum atomic E-state index is -0.819. The van der Waals surface area contributed by atoms with E-state index in [1.807, 2.05) is 6.08 Å². The summed E-state index contributed by atoms with van der Waals surface area (Å²) in [7, 11) is 0. The Kier molecular flexibility index (Phi) is 60.7. The summed E-state index contributed by atoms with van der Waals surface area (Å²) in [5.74, 6) is -1.03. The molecular formula is C69H122O6. The smallest absolute Gasteiger partial charge is 0.309 e. The lowest BCUT2D eigenvalue weighted by atomic mass is 10.0. The average Bonchev–Trinajstić information content (AvgIpc) is 3.41. The summed E-state index contributed by atoms with van der Waals surface area (Å²) in [5.41, 5.74) is 0. The van der Waals surface area contributed by atoms with Crippen molar-refractivity contribution in [2.24, 2.45) is 0 Å². The van der Waals surface area contributed by atoms with Gasteiger partial charge in [-0.05, 0) is 70.6 Å². The third-order valence-corrected chi connectivity index (χ3v) is 14.2. The molecule has 0 radical (unpaired) electrons. The first kappa shape index (κ1) is 71.8. The van der Waals surface area contributed by atoms with Crippen LogP contribution in [-0.4, -0.2) is 37.2 Å². The molecule has 0 aromatic heterocycles. The zero-order chi connectivity index (χ0) is 54.3. The van der Waals surface area contributed by atoms with Gasteiger partial charge in [-0.1, -0.05) is 312 Å². The van der Waals surface area contributed by atoms with E-state index in [0.29, 0.717) is 12.8 Å². The number of allylic oxidation sites excluding steroid dienone is 11. The first-order valence-electron chi connectivity index (χ1n) is 32.4. The first-order chi connectivity index (χ1) is 37.0. The molecule has 1 unspecified atom stereocenters. The van der Waals surface area contributed by atoms with Crippen LogP contribution in [0.2, 0.25) is 0 Å². The Labute approximate surface area is 465 Å². The largest absolute Gasteiger partial charge is 0.462 e. The summed E-state index contributed by atoms with van der Waals surface area (Å²) < 4.78 is 16.8. The van der Waals surface area contributed by atoms with Crippen LogP contribution in [0, 0.1) is 0 Å². The Morgan fingerprint density at radius 3 is 0.920 bits per heavy atom. The maximum Gasteiger partial charge on any atom is 0.309 e. The molecule has 0 saturated heterocycles. The highest BCUT2D eigenvalue weighted by atomic mass is 16.6. The number of carbonyl (C=O) groups excluding carboxylic acids is 3. The van der Waals surface area contributed by atoms with Crippen LogP contribution in [0.25, 0.3) is 0 Å².